The third kappa shape index (κ3) is 30.3. The number of nitrogens with two attached hydrogens (primary N) is 2. The van der Waals surface area contributed by atoms with Gasteiger partial charge >= 0.3 is 23.9 Å². The predicted octanol–water partition coefficient (Wildman–Crippen LogP) is -2.78. The van der Waals surface area contributed by atoms with E-state index in [-0.39, 0.29) is 134 Å². The average molecular weight is 1440 g/mol. The van der Waals surface area contributed by atoms with E-state index in [1.807, 2.05) is 30.0 Å². The Kier molecular flexibility index (Phi) is 35.6. The van der Waals surface area contributed by atoms with Crippen molar-refractivity contribution in [3.05, 3.63) is 70.8 Å². The quantitative estimate of drug-likeness (QED) is 0.0473. The molecule has 2 bridgehead atoms. The summed E-state index contributed by atoms with van der Waals surface area (Å²) < 4.78 is 0. The van der Waals surface area contributed by atoms with Gasteiger partial charge < -0.3 is 78.9 Å². The Labute approximate surface area is 588 Å². The van der Waals surface area contributed by atoms with Crippen molar-refractivity contribution in [3.8, 4) is 0 Å². The Hall–Kier alpha value is -7.80. The molecule has 3 heterocycles. The van der Waals surface area contributed by atoms with Crippen LogP contribution in [0.2, 0.25) is 0 Å². The van der Waals surface area contributed by atoms with Crippen molar-refractivity contribution >= 4 is 112 Å². The molecule has 3 aliphatic heterocycles. The van der Waals surface area contributed by atoms with Gasteiger partial charge in [0.05, 0.1) is 38.8 Å². The standard InChI is InChI=1S/C64H97N15O17S3/c1-4-5-15-68-64(96)72-49-40-99-38-45-28-43(36-97-26-16-67-52(82)31-75-18-20-76(33-54(84)85)22-24-78(35-56(88)89)25-23-77(21-19-75)34-55(86)87)27-44(29-45)37-98-39-48(58(66)90)71-60(92)47(30-42-10-7-6-8-11-42)70-59(91)46(13-14-51(65)81)69-62(94)57(41(2)80)73-61(93)50-12-9-17-79(50)53(83)32-74(3)63(49)95/h6-8,10-11,27-29,41,46-50,57,80H,4-5,9,12-26,30-40H2,1-3H3,(H2,65,81)(H2,66,90)(H,67,82)(H,69,94)(H,70,91)(H,71,92)(H,73,93)(H,84,85)(H,86,87)(H,88,89)(H2,68,72,96)/t41-,46+,47+,48+,49+,50+,57+/m1/s1. The van der Waals surface area contributed by atoms with Crippen LogP contribution in [0.15, 0.2) is 48.5 Å². The number of carboxylic acids is 3. The molecule has 2 aromatic carbocycles. The number of carboxylic acid groups (broad SMARTS) is 3. The molecular formula is C64H97N15O17S3. The molecule has 2 fully saturated rings. The lowest BCUT2D eigenvalue weighted by molar-refractivity contribution is -0.144. The van der Waals surface area contributed by atoms with E-state index in [1.165, 1.54) is 54.2 Å². The maximum atomic E-state index is 14.4. The number of likely N-dealkylation sites (N-methyl/N-ethyl adjacent to an activating group) is 1. The summed E-state index contributed by atoms with van der Waals surface area (Å²) in [5.41, 5.74) is 14.5. The summed E-state index contributed by atoms with van der Waals surface area (Å²) in [5, 5.41) is 58.5. The minimum atomic E-state index is -1.71. The summed E-state index contributed by atoms with van der Waals surface area (Å²) in [7, 11) is 1.40. The van der Waals surface area contributed by atoms with Gasteiger partial charge in [0.2, 0.25) is 53.2 Å². The number of nitrogens with zero attached hydrogens (tertiary/aromatic N) is 6. The molecule has 15 N–H and O–H groups in total. The molecule has 99 heavy (non-hydrogen) atoms. The number of hydrogen-bond acceptors (Lipinski definition) is 21. The first-order valence-corrected chi connectivity index (χ1v) is 36.4. The molecular weight excluding hydrogens is 1350 g/mol. The zero-order valence-electron chi connectivity index (χ0n) is 56.3. The predicted molar refractivity (Wildman–Crippen MR) is 371 cm³/mol. The first kappa shape index (κ1) is 81.9. The van der Waals surface area contributed by atoms with Crippen molar-refractivity contribution in [1.29, 1.82) is 0 Å². The number of carbonyl (C=O) groups excluding carboxylic acids is 10. The maximum absolute atomic E-state index is 14.4. The first-order valence-electron chi connectivity index (χ1n) is 32.9. The molecule has 3 aliphatic rings. The number of unbranched alkanes of at least 4 members (excludes halogenated alkanes) is 1. The Balaban J connectivity index is 1.41. The van der Waals surface area contributed by atoms with Gasteiger partial charge in [-0.2, -0.15) is 35.3 Å². The van der Waals surface area contributed by atoms with Gasteiger partial charge in [0.25, 0.3) is 0 Å². The van der Waals surface area contributed by atoms with E-state index >= 15 is 0 Å². The van der Waals surface area contributed by atoms with Crippen LogP contribution in [0, 0.1) is 0 Å². The Morgan fingerprint density at radius 1 is 0.667 bits per heavy atom. The molecule has 2 aromatic rings. The molecule has 0 aliphatic carbocycles. The van der Waals surface area contributed by atoms with Gasteiger partial charge in [-0.05, 0) is 54.9 Å². The van der Waals surface area contributed by atoms with Crippen LogP contribution in [-0.2, 0) is 81.2 Å². The topological polar surface area (TPSA) is 459 Å². The zero-order chi connectivity index (χ0) is 72.6. The van der Waals surface area contributed by atoms with E-state index in [2.05, 4.69) is 37.2 Å². The monoisotopic (exact) mass is 1440 g/mol. The zero-order valence-corrected chi connectivity index (χ0v) is 58.8. The summed E-state index contributed by atoms with van der Waals surface area (Å²) in [6.07, 6.45) is -0.540. The van der Waals surface area contributed by atoms with E-state index in [9.17, 15) is 82.8 Å². The Morgan fingerprint density at radius 2 is 1.22 bits per heavy atom. The smallest absolute Gasteiger partial charge is 0.317 e. The second kappa shape index (κ2) is 43.0. The highest BCUT2D eigenvalue weighted by molar-refractivity contribution is 7.99. The van der Waals surface area contributed by atoms with Gasteiger partial charge in [-0.1, -0.05) is 61.9 Å². The first-order chi connectivity index (χ1) is 47.2. The van der Waals surface area contributed by atoms with Crippen LogP contribution in [0.5, 0.6) is 0 Å². The number of amides is 11. The van der Waals surface area contributed by atoms with E-state index in [4.69, 9.17) is 11.5 Å². The molecule has 0 aromatic heterocycles. The van der Waals surface area contributed by atoms with Gasteiger partial charge in [0.15, 0.2) is 0 Å². The van der Waals surface area contributed by atoms with Crippen molar-refractivity contribution in [2.45, 2.75) is 118 Å². The summed E-state index contributed by atoms with van der Waals surface area (Å²) in [5.74, 6) is -8.67. The normalized spacial score (nSPS) is 22.3. The van der Waals surface area contributed by atoms with Gasteiger partial charge in [-0.3, -0.25) is 77.1 Å². The van der Waals surface area contributed by atoms with Crippen LogP contribution in [-0.4, -0.2) is 298 Å². The molecule has 32 nitrogen and oxygen atoms in total. The summed E-state index contributed by atoms with van der Waals surface area (Å²) in [6, 6.07) is 5.55. The van der Waals surface area contributed by atoms with Crippen LogP contribution in [0.3, 0.4) is 0 Å². The van der Waals surface area contributed by atoms with Crippen LogP contribution >= 0.6 is 35.3 Å². The summed E-state index contributed by atoms with van der Waals surface area (Å²) in [4.78, 5) is 182. The highest BCUT2D eigenvalue weighted by Crippen LogP contribution is 2.25. The summed E-state index contributed by atoms with van der Waals surface area (Å²) in [6.45, 7) is 4.23. The lowest BCUT2D eigenvalue weighted by Crippen LogP contribution is -2.61. The van der Waals surface area contributed by atoms with Crippen molar-refractivity contribution < 1.29 is 82.8 Å². The number of fused-ring (bicyclic) bond motifs is 3. The third-order valence-corrected chi connectivity index (χ3v) is 19.7. The number of thioether (sulfide) groups is 3. The molecule has 11 amide bonds. The average Bonchev–Trinajstić information content (AvgIpc) is 1.80. The largest absolute Gasteiger partial charge is 0.480 e. The Bertz CT molecular complexity index is 3060. The van der Waals surface area contributed by atoms with Crippen molar-refractivity contribution in [2.75, 3.05) is 129 Å². The molecule has 2 saturated heterocycles. The third-order valence-electron chi connectivity index (χ3n) is 16.4. The lowest BCUT2D eigenvalue weighted by atomic mass is 10.0. The van der Waals surface area contributed by atoms with Crippen LogP contribution in [0.4, 0.5) is 4.79 Å². The Morgan fingerprint density at radius 3 is 1.77 bits per heavy atom. The number of aliphatic hydroxyl groups excluding tert-OH is 1. The van der Waals surface area contributed by atoms with Crippen molar-refractivity contribution in [1.82, 2.24) is 66.6 Å². The fourth-order valence-electron chi connectivity index (χ4n) is 11.2. The van der Waals surface area contributed by atoms with Crippen molar-refractivity contribution in [3.63, 3.8) is 0 Å². The number of aliphatic carboxylic acids is 3. The number of carbonyl (C=O) groups is 13. The van der Waals surface area contributed by atoms with E-state index in [1.54, 1.807) is 45.0 Å². The SMILES string of the molecule is CCCCNC(=O)N[C@H]1CSCc2cc(CSCCNC(=O)CN3CCN(CC(=O)O)CCN(CC(=O)O)CCN(CC(=O)O)CC3)cc(c2)CSC[C@@H](C(N)=O)NC(=O)[C@H](Cc2ccccc2)NC(=O)[C@H](CCC(N)=O)NC(=O)[C@H]([C@@H](C)O)NC(=O)[C@@H]2CCCN2C(=O)CN(C)C1=O. The second-order valence-corrected chi connectivity index (χ2v) is 27.8. The van der Waals surface area contributed by atoms with Crippen LogP contribution in [0.25, 0.3) is 0 Å². The van der Waals surface area contributed by atoms with Crippen LogP contribution in [0.1, 0.15) is 74.6 Å². The number of hydrogen-bond donors (Lipinski definition) is 13. The number of aliphatic hydroxyl groups is 1. The number of benzene rings is 2. The number of primary amides is 2. The highest BCUT2D eigenvalue weighted by atomic mass is 32.2. The number of urea groups is 1. The molecule has 7 atom stereocenters. The van der Waals surface area contributed by atoms with Gasteiger partial charge in [-0.15, -0.1) is 0 Å². The van der Waals surface area contributed by atoms with Crippen molar-refractivity contribution in [2.24, 2.45) is 11.5 Å². The van der Waals surface area contributed by atoms with Crippen LogP contribution < -0.4 is 48.7 Å². The second-order valence-electron chi connectivity index (χ2n) is 24.6. The fraction of sp³-hybridized carbons (Fsp3) is 0.609. The van der Waals surface area contributed by atoms with Gasteiger partial charge in [-0.25, -0.2) is 4.79 Å². The number of nitrogens with one attached hydrogen (secondary N) is 7. The fourth-order valence-corrected chi connectivity index (χ4v) is 14.0. The molecule has 548 valence electrons. The summed E-state index contributed by atoms with van der Waals surface area (Å²) >= 11 is 4.11. The lowest BCUT2D eigenvalue weighted by Gasteiger charge is -2.32. The van der Waals surface area contributed by atoms with Gasteiger partial charge in [0.1, 0.15) is 36.3 Å². The molecule has 5 rings (SSSR count). The molecule has 0 unspecified atom stereocenters. The maximum Gasteiger partial charge on any atom is 0.317 e. The van der Waals surface area contributed by atoms with Gasteiger partial charge in [0, 0.05) is 126 Å². The van der Waals surface area contributed by atoms with E-state index in [0.29, 0.717) is 42.2 Å². The highest BCUT2D eigenvalue weighted by Gasteiger charge is 2.39. The minimum Gasteiger partial charge on any atom is -0.480 e. The molecule has 35 heteroatoms. The number of rotatable bonds is 24. The minimum absolute atomic E-state index is 0.0416. The molecule has 0 saturated carbocycles. The van der Waals surface area contributed by atoms with E-state index in [0.717, 1.165) is 28.0 Å². The van der Waals surface area contributed by atoms with E-state index < -0.39 is 127 Å². The molecule has 0 spiro atoms. The molecule has 0 radical (unpaired) electrons.